The average molecular weight is 306 g/mol. The molecule has 1 aliphatic rings. The van der Waals surface area contributed by atoms with Gasteiger partial charge < -0.3 is 9.84 Å². The molecular formula is C15H22N4OS. The maximum Gasteiger partial charge on any atom is 0.226 e. The van der Waals surface area contributed by atoms with Gasteiger partial charge in [0, 0.05) is 17.8 Å². The van der Waals surface area contributed by atoms with Crippen LogP contribution in [0.3, 0.4) is 0 Å². The van der Waals surface area contributed by atoms with Crippen LogP contribution in [0.4, 0.5) is 0 Å². The van der Waals surface area contributed by atoms with Crippen molar-refractivity contribution in [1.82, 2.24) is 20.4 Å². The van der Waals surface area contributed by atoms with Gasteiger partial charge in [-0.05, 0) is 32.7 Å². The van der Waals surface area contributed by atoms with Crippen molar-refractivity contribution in [2.45, 2.75) is 51.5 Å². The largest absolute Gasteiger partial charge is 0.339 e. The van der Waals surface area contributed by atoms with E-state index in [1.54, 1.807) is 11.3 Å². The Morgan fingerprint density at radius 1 is 1.33 bits per heavy atom. The van der Waals surface area contributed by atoms with Crippen LogP contribution in [-0.2, 0) is 12.8 Å². The Morgan fingerprint density at radius 2 is 2.19 bits per heavy atom. The van der Waals surface area contributed by atoms with E-state index in [9.17, 15) is 0 Å². The lowest BCUT2D eigenvalue weighted by Crippen LogP contribution is -2.37. The fraction of sp³-hybridized carbons (Fsp3) is 0.667. The van der Waals surface area contributed by atoms with E-state index in [0.29, 0.717) is 18.4 Å². The van der Waals surface area contributed by atoms with Crippen molar-refractivity contribution in [1.29, 1.82) is 0 Å². The van der Waals surface area contributed by atoms with E-state index >= 15 is 0 Å². The van der Waals surface area contributed by atoms with E-state index in [1.807, 2.05) is 14.0 Å². The molecule has 2 aromatic heterocycles. The number of nitrogens with one attached hydrogen (secondary N) is 1. The number of hydrogen-bond donors (Lipinski definition) is 1. The first-order valence-corrected chi connectivity index (χ1v) is 8.52. The maximum atomic E-state index is 5.43. The van der Waals surface area contributed by atoms with Crippen LogP contribution in [0.1, 0.15) is 48.1 Å². The molecule has 2 unspecified atom stereocenters. The number of aryl methyl sites for hydroxylation is 1. The SMILES string of the molecule is CNC1CCCCC1Cc1nc(Cc2csc(C)n2)no1. The monoisotopic (exact) mass is 306 g/mol. The van der Waals surface area contributed by atoms with E-state index in [4.69, 9.17) is 4.52 Å². The molecular weight excluding hydrogens is 284 g/mol. The van der Waals surface area contributed by atoms with Gasteiger partial charge in [0.25, 0.3) is 0 Å². The van der Waals surface area contributed by atoms with Gasteiger partial charge in [-0.2, -0.15) is 4.98 Å². The molecule has 114 valence electrons. The zero-order valence-corrected chi connectivity index (χ0v) is 13.4. The maximum absolute atomic E-state index is 5.43. The average Bonchev–Trinajstić information content (AvgIpc) is 3.09. The number of aromatic nitrogens is 3. The summed E-state index contributed by atoms with van der Waals surface area (Å²) in [7, 11) is 2.05. The molecule has 1 saturated carbocycles. The minimum atomic E-state index is 0.579. The molecule has 2 heterocycles. The van der Waals surface area contributed by atoms with E-state index < -0.39 is 0 Å². The van der Waals surface area contributed by atoms with Gasteiger partial charge in [-0.25, -0.2) is 4.98 Å². The molecule has 0 amide bonds. The van der Waals surface area contributed by atoms with Crippen molar-refractivity contribution in [2.75, 3.05) is 7.05 Å². The topological polar surface area (TPSA) is 63.8 Å². The number of nitrogens with zero attached hydrogens (tertiary/aromatic N) is 3. The zero-order chi connectivity index (χ0) is 14.7. The number of rotatable bonds is 5. The third-order valence-corrected chi connectivity index (χ3v) is 5.05. The van der Waals surface area contributed by atoms with E-state index in [0.717, 1.165) is 28.8 Å². The van der Waals surface area contributed by atoms with Gasteiger partial charge in [0.15, 0.2) is 5.82 Å². The molecule has 21 heavy (non-hydrogen) atoms. The Balaban J connectivity index is 1.61. The lowest BCUT2D eigenvalue weighted by molar-refractivity contribution is 0.248. The summed E-state index contributed by atoms with van der Waals surface area (Å²) in [6.45, 7) is 2.01. The summed E-state index contributed by atoms with van der Waals surface area (Å²) in [5.41, 5.74) is 1.02. The first kappa shape index (κ1) is 14.7. The summed E-state index contributed by atoms with van der Waals surface area (Å²) < 4.78 is 5.43. The van der Waals surface area contributed by atoms with Crippen LogP contribution in [0, 0.1) is 12.8 Å². The number of hydrogen-bond acceptors (Lipinski definition) is 6. The van der Waals surface area contributed by atoms with Gasteiger partial charge in [-0.3, -0.25) is 0 Å². The summed E-state index contributed by atoms with van der Waals surface area (Å²) in [6, 6.07) is 0.579. The third kappa shape index (κ3) is 3.68. The fourth-order valence-electron chi connectivity index (χ4n) is 3.15. The quantitative estimate of drug-likeness (QED) is 0.920. The van der Waals surface area contributed by atoms with Gasteiger partial charge >= 0.3 is 0 Å². The molecule has 0 aromatic carbocycles. The van der Waals surface area contributed by atoms with Gasteiger partial charge in [0.2, 0.25) is 5.89 Å². The molecule has 0 radical (unpaired) electrons. The molecule has 0 aliphatic heterocycles. The first-order valence-electron chi connectivity index (χ1n) is 7.64. The smallest absolute Gasteiger partial charge is 0.226 e. The lowest BCUT2D eigenvalue weighted by atomic mass is 9.82. The van der Waals surface area contributed by atoms with Crippen LogP contribution in [0.25, 0.3) is 0 Å². The van der Waals surface area contributed by atoms with Crippen LogP contribution in [-0.4, -0.2) is 28.2 Å². The summed E-state index contributed by atoms with van der Waals surface area (Å²) in [5, 5.41) is 10.7. The van der Waals surface area contributed by atoms with Gasteiger partial charge in [0.05, 0.1) is 17.1 Å². The van der Waals surface area contributed by atoms with E-state index in [2.05, 4.69) is 25.8 Å². The van der Waals surface area contributed by atoms with Crippen molar-refractivity contribution in [3.8, 4) is 0 Å². The summed E-state index contributed by atoms with van der Waals surface area (Å²) in [4.78, 5) is 8.98. The van der Waals surface area contributed by atoms with Gasteiger partial charge in [-0.1, -0.05) is 18.0 Å². The van der Waals surface area contributed by atoms with E-state index in [1.165, 1.54) is 25.7 Å². The van der Waals surface area contributed by atoms with Crippen LogP contribution in [0.5, 0.6) is 0 Å². The molecule has 1 aliphatic carbocycles. The second-order valence-electron chi connectivity index (χ2n) is 5.78. The minimum Gasteiger partial charge on any atom is -0.339 e. The summed E-state index contributed by atoms with van der Waals surface area (Å²) in [5.74, 6) is 2.12. The molecule has 0 saturated heterocycles. The van der Waals surface area contributed by atoms with Crippen LogP contribution in [0.2, 0.25) is 0 Å². The summed E-state index contributed by atoms with van der Waals surface area (Å²) in [6.07, 6.45) is 6.67. The van der Waals surface area contributed by atoms with Gasteiger partial charge in [0.1, 0.15) is 0 Å². The second kappa shape index (κ2) is 6.66. The first-order chi connectivity index (χ1) is 10.2. The predicted octanol–water partition coefficient (Wildman–Crippen LogP) is 2.75. The van der Waals surface area contributed by atoms with Crippen molar-refractivity contribution < 1.29 is 4.52 Å². The highest BCUT2D eigenvalue weighted by Crippen LogP contribution is 2.27. The molecule has 2 atom stereocenters. The molecule has 1 N–H and O–H groups in total. The Labute approximate surface area is 129 Å². The zero-order valence-electron chi connectivity index (χ0n) is 12.6. The highest BCUT2D eigenvalue weighted by Gasteiger charge is 2.25. The van der Waals surface area contributed by atoms with E-state index in [-0.39, 0.29) is 0 Å². The Hall–Kier alpha value is -1.27. The Morgan fingerprint density at radius 3 is 2.95 bits per heavy atom. The molecule has 5 nitrogen and oxygen atoms in total. The predicted molar refractivity (Wildman–Crippen MR) is 82.5 cm³/mol. The molecule has 0 bridgehead atoms. The lowest BCUT2D eigenvalue weighted by Gasteiger charge is -2.30. The van der Waals surface area contributed by atoms with Crippen molar-refractivity contribution in [2.24, 2.45) is 5.92 Å². The standard InChI is InChI=1S/C15H22N4OS/c1-10-17-12(9-21-10)8-14-18-15(20-19-14)7-11-5-3-4-6-13(11)16-2/h9,11,13,16H,3-8H2,1-2H3. The highest BCUT2D eigenvalue weighted by atomic mass is 32.1. The third-order valence-electron chi connectivity index (χ3n) is 4.23. The number of thiazole rings is 1. The minimum absolute atomic E-state index is 0.579. The highest BCUT2D eigenvalue weighted by molar-refractivity contribution is 7.09. The van der Waals surface area contributed by atoms with Crippen molar-refractivity contribution >= 4 is 11.3 Å². The molecule has 1 fully saturated rings. The Bertz CT molecular complexity index is 580. The molecule has 6 heteroatoms. The fourth-order valence-corrected chi connectivity index (χ4v) is 3.77. The van der Waals surface area contributed by atoms with Crippen LogP contribution >= 0.6 is 11.3 Å². The normalized spacial score (nSPS) is 22.6. The Kier molecular flexibility index (Phi) is 4.65. The van der Waals surface area contributed by atoms with Crippen LogP contribution in [0.15, 0.2) is 9.90 Å². The molecule has 0 spiro atoms. The molecule has 3 rings (SSSR count). The van der Waals surface area contributed by atoms with Crippen LogP contribution < -0.4 is 5.32 Å². The van der Waals surface area contributed by atoms with Gasteiger partial charge in [-0.15, -0.1) is 11.3 Å². The summed E-state index contributed by atoms with van der Waals surface area (Å²) >= 11 is 1.66. The second-order valence-corrected chi connectivity index (χ2v) is 6.85. The van der Waals surface area contributed by atoms with Crippen molar-refractivity contribution in [3.63, 3.8) is 0 Å². The molecule has 2 aromatic rings. The van der Waals surface area contributed by atoms with Crippen molar-refractivity contribution in [3.05, 3.63) is 27.8 Å².